The third-order valence-electron chi connectivity index (χ3n) is 4.03. The van der Waals surface area contributed by atoms with Crippen molar-refractivity contribution in [3.63, 3.8) is 0 Å². The lowest BCUT2D eigenvalue weighted by molar-refractivity contribution is -0.141. The Morgan fingerprint density at radius 3 is 2.50 bits per heavy atom. The molecule has 2 amide bonds. The quantitative estimate of drug-likeness (QED) is 0.851. The highest BCUT2D eigenvalue weighted by Gasteiger charge is 2.51. The Balaban J connectivity index is 1.76. The molecule has 20 heavy (non-hydrogen) atoms. The van der Waals surface area contributed by atoms with Crippen LogP contribution in [0.5, 0.6) is 0 Å². The van der Waals surface area contributed by atoms with Crippen LogP contribution in [0.3, 0.4) is 0 Å². The van der Waals surface area contributed by atoms with Crippen LogP contribution in [-0.2, 0) is 16.1 Å². The largest absolute Gasteiger partial charge is 0.476 e. The molecule has 3 rings (SSSR count). The maximum Gasteiger partial charge on any atom is 0.355 e. The fourth-order valence-electron chi connectivity index (χ4n) is 3.12. The summed E-state index contributed by atoms with van der Waals surface area (Å²) in [5.74, 6) is -1.31. The van der Waals surface area contributed by atoms with E-state index in [9.17, 15) is 14.4 Å². The molecule has 0 spiro atoms. The van der Waals surface area contributed by atoms with Gasteiger partial charge in [-0.05, 0) is 18.8 Å². The predicted octanol–water partition coefficient (Wildman–Crippen LogP) is 1.37. The monoisotopic (exact) mass is 294 g/mol. The van der Waals surface area contributed by atoms with Crippen LogP contribution in [0.4, 0.5) is 0 Å². The Morgan fingerprint density at radius 2 is 2.00 bits per heavy atom. The topological polar surface area (TPSA) is 87.6 Å². The van der Waals surface area contributed by atoms with Crippen molar-refractivity contribution < 1.29 is 19.5 Å². The first-order chi connectivity index (χ1) is 9.47. The molecule has 7 heteroatoms. The maximum atomic E-state index is 12.3. The molecule has 0 bridgehead atoms. The lowest BCUT2D eigenvalue weighted by Crippen LogP contribution is -2.31. The minimum Gasteiger partial charge on any atom is -0.476 e. The molecule has 0 aromatic carbocycles. The van der Waals surface area contributed by atoms with E-state index in [1.807, 2.05) is 0 Å². The second-order valence-electron chi connectivity index (χ2n) is 5.48. The standard InChI is InChI=1S/C13H14N2O4S/c1-6-2-7-8(3-6)12(17)15(11(7)16)4-10-14-9(5-20-10)13(18)19/h5-8H,2-4H2,1H3,(H,18,19). The highest BCUT2D eigenvalue weighted by atomic mass is 32.1. The first-order valence-corrected chi connectivity index (χ1v) is 7.38. The van der Waals surface area contributed by atoms with Crippen LogP contribution in [0.15, 0.2) is 5.38 Å². The molecule has 1 aliphatic heterocycles. The summed E-state index contributed by atoms with van der Waals surface area (Å²) in [6.07, 6.45) is 1.54. The summed E-state index contributed by atoms with van der Waals surface area (Å²) in [7, 11) is 0. The number of likely N-dealkylation sites (tertiary alicyclic amines) is 1. The summed E-state index contributed by atoms with van der Waals surface area (Å²) in [6, 6.07) is 0. The van der Waals surface area contributed by atoms with Crippen LogP contribution in [0, 0.1) is 17.8 Å². The Kier molecular flexibility index (Phi) is 3.08. The average Bonchev–Trinajstić information content (AvgIpc) is 3.04. The first kappa shape index (κ1) is 13.2. The van der Waals surface area contributed by atoms with Gasteiger partial charge in [-0.1, -0.05) is 6.92 Å². The van der Waals surface area contributed by atoms with Crippen LogP contribution in [0.1, 0.15) is 35.3 Å². The number of fused-ring (bicyclic) bond motifs is 1. The van der Waals surface area contributed by atoms with Crippen LogP contribution in [0.2, 0.25) is 0 Å². The van der Waals surface area contributed by atoms with Crippen molar-refractivity contribution in [2.24, 2.45) is 17.8 Å². The van der Waals surface area contributed by atoms with Crippen molar-refractivity contribution in [3.8, 4) is 0 Å². The second-order valence-corrected chi connectivity index (χ2v) is 6.43. The Labute approximate surface area is 119 Å². The van der Waals surface area contributed by atoms with Crippen molar-refractivity contribution in [1.82, 2.24) is 9.88 Å². The molecule has 1 saturated heterocycles. The van der Waals surface area contributed by atoms with Crippen molar-refractivity contribution in [2.75, 3.05) is 0 Å². The van der Waals surface area contributed by atoms with Gasteiger partial charge in [-0.25, -0.2) is 9.78 Å². The molecular weight excluding hydrogens is 280 g/mol. The maximum absolute atomic E-state index is 12.3. The number of thiazole rings is 1. The Bertz CT molecular complexity index is 573. The lowest BCUT2D eigenvalue weighted by Gasteiger charge is -2.15. The number of rotatable bonds is 3. The summed E-state index contributed by atoms with van der Waals surface area (Å²) < 4.78 is 0. The lowest BCUT2D eigenvalue weighted by atomic mass is 10.00. The highest BCUT2D eigenvalue weighted by Crippen LogP contribution is 2.43. The molecule has 1 aromatic rings. The van der Waals surface area contributed by atoms with Gasteiger partial charge in [0.15, 0.2) is 5.69 Å². The number of carboxylic acids is 1. The third kappa shape index (κ3) is 2.02. The van der Waals surface area contributed by atoms with Gasteiger partial charge in [0.2, 0.25) is 11.8 Å². The average molecular weight is 294 g/mol. The minimum absolute atomic E-state index is 0.0436. The summed E-state index contributed by atoms with van der Waals surface area (Å²) in [5.41, 5.74) is -0.0436. The Morgan fingerprint density at radius 1 is 1.40 bits per heavy atom. The van der Waals surface area contributed by atoms with E-state index in [2.05, 4.69) is 11.9 Å². The zero-order chi connectivity index (χ0) is 14.4. The molecule has 6 nitrogen and oxygen atoms in total. The van der Waals surface area contributed by atoms with Crippen LogP contribution >= 0.6 is 11.3 Å². The molecule has 0 radical (unpaired) electrons. The van der Waals surface area contributed by atoms with Gasteiger partial charge in [-0.15, -0.1) is 11.3 Å². The van der Waals surface area contributed by atoms with Crippen molar-refractivity contribution >= 4 is 29.1 Å². The van der Waals surface area contributed by atoms with E-state index in [0.29, 0.717) is 10.9 Å². The fraction of sp³-hybridized carbons (Fsp3) is 0.538. The van der Waals surface area contributed by atoms with E-state index in [1.165, 1.54) is 10.3 Å². The smallest absolute Gasteiger partial charge is 0.355 e. The van der Waals surface area contributed by atoms with Gasteiger partial charge in [-0.2, -0.15) is 0 Å². The normalized spacial score (nSPS) is 29.1. The van der Waals surface area contributed by atoms with Gasteiger partial charge >= 0.3 is 5.97 Å². The highest BCUT2D eigenvalue weighted by molar-refractivity contribution is 7.09. The molecule has 2 heterocycles. The van der Waals surface area contributed by atoms with E-state index in [1.54, 1.807) is 0 Å². The molecule has 106 valence electrons. The molecule has 1 aromatic heterocycles. The number of aromatic nitrogens is 1. The van der Waals surface area contributed by atoms with Crippen LogP contribution < -0.4 is 0 Å². The van der Waals surface area contributed by atoms with Crippen molar-refractivity contribution in [2.45, 2.75) is 26.3 Å². The zero-order valence-corrected chi connectivity index (χ0v) is 11.7. The minimum atomic E-state index is -1.10. The molecule has 1 aliphatic carbocycles. The van der Waals surface area contributed by atoms with Crippen molar-refractivity contribution in [3.05, 3.63) is 16.1 Å². The molecule has 2 atom stereocenters. The molecule has 2 unspecified atom stereocenters. The third-order valence-corrected chi connectivity index (χ3v) is 4.86. The number of aromatic carboxylic acids is 1. The molecule has 1 N–H and O–H groups in total. The van der Waals surface area contributed by atoms with Crippen LogP contribution in [-0.4, -0.2) is 32.8 Å². The number of carboxylic acid groups (broad SMARTS) is 1. The number of carbonyl (C=O) groups excluding carboxylic acids is 2. The Hall–Kier alpha value is -1.76. The van der Waals surface area contributed by atoms with Gasteiger partial charge in [0.25, 0.3) is 0 Å². The summed E-state index contributed by atoms with van der Waals surface area (Å²) in [6.45, 7) is 2.15. The number of amides is 2. The zero-order valence-electron chi connectivity index (χ0n) is 10.9. The van der Waals surface area contributed by atoms with Crippen LogP contribution in [0.25, 0.3) is 0 Å². The van der Waals surface area contributed by atoms with Gasteiger partial charge < -0.3 is 5.11 Å². The molecule has 2 fully saturated rings. The van der Waals surface area contributed by atoms with E-state index in [0.717, 1.165) is 24.2 Å². The first-order valence-electron chi connectivity index (χ1n) is 6.50. The predicted molar refractivity (Wildman–Crippen MR) is 70.0 cm³/mol. The van der Waals surface area contributed by atoms with E-state index < -0.39 is 5.97 Å². The van der Waals surface area contributed by atoms with Crippen molar-refractivity contribution in [1.29, 1.82) is 0 Å². The number of nitrogens with zero attached hydrogens (tertiary/aromatic N) is 2. The van der Waals surface area contributed by atoms with E-state index in [4.69, 9.17) is 5.11 Å². The number of carbonyl (C=O) groups is 3. The van der Waals surface area contributed by atoms with E-state index in [-0.39, 0.29) is 35.9 Å². The van der Waals surface area contributed by atoms with Gasteiger partial charge in [0.1, 0.15) is 5.01 Å². The number of hydrogen-bond donors (Lipinski definition) is 1. The molecule has 1 saturated carbocycles. The fourth-order valence-corrected chi connectivity index (χ4v) is 3.88. The summed E-state index contributed by atoms with van der Waals surface area (Å²) >= 11 is 1.16. The van der Waals surface area contributed by atoms with E-state index >= 15 is 0 Å². The SMILES string of the molecule is CC1CC2C(=O)N(Cc3nc(C(=O)O)cs3)C(=O)C2C1. The van der Waals surface area contributed by atoms with Gasteiger partial charge in [0, 0.05) is 5.38 Å². The molecule has 2 aliphatic rings. The van der Waals surface area contributed by atoms with Gasteiger partial charge in [-0.3, -0.25) is 14.5 Å². The van der Waals surface area contributed by atoms with Gasteiger partial charge in [0.05, 0.1) is 18.4 Å². The number of hydrogen-bond acceptors (Lipinski definition) is 5. The summed E-state index contributed by atoms with van der Waals surface area (Å²) in [5, 5.41) is 10.7. The number of imide groups is 1. The second kappa shape index (κ2) is 4.66. The summed E-state index contributed by atoms with van der Waals surface area (Å²) in [4.78, 5) is 40.4. The molecular formula is C13H14N2O4S.